The van der Waals surface area contributed by atoms with E-state index in [9.17, 15) is 22.8 Å². The van der Waals surface area contributed by atoms with Gasteiger partial charge in [-0.25, -0.2) is 0 Å². The Kier molecular flexibility index (Phi) is 5.25. The third-order valence-corrected chi connectivity index (χ3v) is 4.23. The van der Waals surface area contributed by atoms with E-state index in [1.54, 1.807) is 19.9 Å². The summed E-state index contributed by atoms with van der Waals surface area (Å²) in [6.45, 7) is 7.61. The van der Waals surface area contributed by atoms with Gasteiger partial charge in [0.1, 0.15) is 0 Å². The van der Waals surface area contributed by atoms with Gasteiger partial charge >= 0.3 is 6.18 Å². The second kappa shape index (κ2) is 6.90. The predicted molar refractivity (Wildman–Crippen MR) is 88.9 cm³/mol. The van der Waals surface area contributed by atoms with Crippen LogP contribution in [0, 0.1) is 5.92 Å². The number of nitrogens with zero attached hydrogens (tertiary/aromatic N) is 1. The molecule has 2 rings (SSSR count). The Morgan fingerprint density at radius 2 is 1.92 bits per heavy atom. The quantitative estimate of drug-likeness (QED) is 0.823. The van der Waals surface area contributed by atoms with Gasteiger partial charge in [-0.3, -0.25) is 9.59 Å². The fourth-order valence-corrected chi connectivity index (χ4v) is 2.70. The van der Waals surface area contributed by atoms with Crippen molar-refractivity contribution in [2.75, 3.05) is 11.4 Å². The minimum atomic E-state index is -4.41. The molecule has 136 valence electrons. The highest BCUT2D eigenvalue weighted by molar-refractivity contribution is 5.99. The van der Waals surface area contributed by atoms with Crippen molar-refractivity contribution in [3.63, 3.8) is 0 Å². The largest absolute Gasteiger partial charge is 0.416 e. The maximum absolute atomic E-state index is 12.6. The number of amides is 2. The van der Waals surface area contributed by atoms with Gasteiger partial charge < -0.3 is 10.2 Å². The van der Waals surface area contributed by atoms with Gasteiger partial charge in [0.05, 0.1) is 11.1 Å². The van der Waals surface area contributed by atoms with Gasteiger partial charge in [0.15, 0.2) is 0 Å². The van der Waals surface area contributed by atoms with Crippen LogP contribution in [0.5, 0.6) is 0 Å². The van der Waals surface area contributed by atoms with Crippen molar-refractivity contribution < 1.29 is 22.8 Å². The summed E-state index contributed by atoms with van der Waals surface area (Å²) in [5.41, 5.74) is -0.913. The molecule has 2 amide bonds. The van der Waals surface area contributed by atoms with Crippen molar-refractivity contribution in [2.45, 2.75) is 38.4 Å². The number of carbonyl (C=O) groups is 2. The van der Waals surface area contributed by atoms with Crippen molar-refractivity contribution in [1.29, 1.82) is 0 Å². The van der Waals surface area contributed by atoms with Gasteiger partial charge in [-0.15, -0.1) is 6.58 Å². The molecule has 4 nitrogen and oxygen atoms in total. The van der Waals surface area contributed by atoms with Gasteiger partial charge in [0.2, 0.25) is 11.8 Å². The number of hydrogen-bond acceptors (Lipinski definition) is 2. The number of halogens is 3. The van der Waals surface area contributed by atoms with Crippen LogP contribution in [0.15, 0.2) is 36.9 Å². The lowest BCUT2D eigenvalue weighted by Gasteiger charge is -2.22. The lowest BCUT2D eigenvalue weighted by molar-refractivity contribution is -0.137. The molecule has 0 bridgehead atoms. The third kappa shape index (κ3) is 4.61. The number of rotatable bonds is 5. The average Bonchev–Trinajstić information content (AvgIpc) is 2.87. The second-order valence-corrected chi connectivity index (χ2v) is 6.70. The van der Waals surface area contributed by atoms with Crippen LogP contribution in [-0.2, 0) is 15.8 Å². The molecule has 0 spiro atoms. The van der Waals surface area contributed by atoms with Gasteiger partial charge in [-0.1, -0.05) is 6.08 Å². The van der Waals surface area contributed by atoms with E-state index in [0.717, 1.165) is 12.1 Å². The van der Waals surface area contributed by atoms with Gasteiger partial charge in [-0.2, -0.15) is 13.2 Å². The summed E-state index contributed by atoms with van der Waals surface area (Å²) in [4.78, 5) is 26.0. The highest BCUT2D eigenvalue weighted by Gasteiger charge is 2.35. The molecule has 0 aliphatic carbocycles. The molecule has 1 aliphatic heterocycles. The Balaban J connectivity index is 2.02. The van der Waals surface area contributed by atoms with Crippen LogP contribution < -0.4 is 10.2 Å². The van der Waals surface area contributed by atoms with Gasteiger partial charge in [0, 0.05) is 24.6 Å². The fourth-order valence-electron chi connectivity index (χ4n) is 2.70. The van der Waals surface area contributed by atoms with Crippen LogP contribution in [0.25, 0.3) is 0 Å². The molecule has 1 heterocycles. The van der Waals surface area contributed by atoms with Crippen molar-refractivity contribution in [2.24, 2.45) is 5.92 Å². The van der Waals surface area contributed by atoms with Crippen molar-refractivity contribution >= 4 is 17.5 Å². The van der Waals surface area contributed by atoms with Crippen molar-refractivity contribution in [3.05, 3.63) is 42.5 Å². The Hall–Kier alpha value is -2.31. The van der Waals surface area contributed by atoms with Gasteiger partial charge in [0.25, 0.3) is 0 Å². The number of alkyl halides is 3. The first-order valence-corrected chi connectivity index (χ1v) is 7.97. The molecule has 1 aliphatic rings. The second-order valence-electron chi connectivity index (χ2n) is 6.70. The summed E-state index contributed by atoms with van der Waals surface area (Å²) in [5, 5.41) is 2.78. The first-order chi connectivity index (χ1) is 11.5. The zero-order valence-electron chi connectivity index (χ0n) is 14.2. The minimum Gasteiger partial charge on any atom is -0.348 e. The highest BCUT2D eigenvalue weighted by Crippen LogP contribution is 2.32. The molecule has 1 atom stereocenters. The first kappa shape index (κ1) is 19.0. The number of hydrogen-bond donors (Lipinski definition) is 1. The maximum atomic E-state index is 12.6. The average molecular weight is 354 g/mol. The van der Waals surface area contributed by atoms with Crippen LogP contribution >= 0.6 is 0 Å². The maximum Gasteiger partial charge on any atom is 0.416 e. The normalized spacial score (nSPS) is 18.4. The molecule has 1 saturated heterocycles. The summed E-state index contributed by atoms with van der Waals surface area (Å²) in [7, 11) is 0. The highest BCUT2D eigenvalue weighted by atomic mass is 19.4. The summed E-state index contributed by atoms with van der Waals surface area (Å²) < 4.78 is 37.8. The molecule has 1 fully saturated rings. The van der Waals surface area contributed by atoms with Crippen LogP contribution in [-0.4, -0.2) is 23.9 Å². The molecule has 1 N–H and O–H groups in total. The Morgan fingerprint density at radius 1 is 1.32 bits per heavy atom. The molecule has 1 unspecified atom stereocenters. The van der Waals surface area contributed by atoms with E-state index in [1.165, 1.54) is 17.0 Å². The first-order valence-electron chi connectivity index (χ1n) is 7.97. The van der Waals surface area contributed by atoms with Crippen LogP contribution in [0.2, 0.25) is 0 Å². The fraction of sp³-hybridized carbons (Fsp3) is 0.444. The molecule has 0 aromatic heterocycles. The Morgan fingerprint density at radius 3 is 2.44 bits per heavy atom. The van der Waals surface area contributed by atoms with Crippen LogP contribution in [0.4, 0.5) is 18.9 Å². The molecule has 7 heteroatoms. The summed E-state index contributed by atoms with van der Waals surface area (Å²) >= 11 is 0. The van der Waals surface area contributed by atoms with E-state index in [2.05, 4.69) is 11.9 Å². The monoisotopic (exact) mass is 354 g/mol. The zero-order valence-corrected chi connectivity index (χ0v) is 14.2. The summed E-state index contributed by atoms with van der Waals surface area (Å²) in [6.07, 6.45) is -2.27. The number of anilines is 1. The molecular formula is C18H21F3N2O2. The molecule has 25 heavy (non-hydrogen) atoms. The number of carbonyl (C=O) groups excluding carboxylic acids is 2. The van der Waals surface area contributed by atoms with E-state index in [0.29, 0.717) is 18.7 Å². The van der Waals surface area contributed by atoms with E-state index in [4.69, 9.17) is 0 Å². The third-order valence-electron chi connectivity index (χ3n) is 4.23. The summed E-state index contributed by atoms with van der Waals surface area (Å²) in [6, 6.07) is 4.47. The lowest BCUT2D eigenvalue weighted by Crippen LogP contribution is -2.42. The van der Waals surface area contributed by atoms with E-state index < -0.39 is 23.2 Å². The van der Waals surface area contributed by atoms with Crippen molar-refractivity contribution in [1.82, 2.24) is 5.32 Å². The van der Waals surface area contributed by atoms with Crippen LogP contribution in [0.1, 0.15) is 32.3 Å². The van der Waals surface area contributed by atoms with E-state index in [-0.39, 0.29) is 18.2 Å². The minimum absolute atomic E-state index is 0.0488. The van der Waals surface area contributed by atoms with E-state index >= 15 is 0 Å². The Bertz CT molecular complexity index is 666. The smallest absolute Gasteiger partial charge is 0.348 e. The lowest BCUT2D eigenvalue weighted by atomic mass is 10.0. The summed E-state index contributed by atoms with van der Waals surface area (Å²) in [5.74, 6) is -0.966. The van der Waals surface area contributed by atoms with Gasteiger partial charge in [-0.05, 0) is 44.5 Å². The molecule has 1 aromatic rings. The zero-order chi connectivity index (χ0) is 18.8. The van der Waals surface area contributed by atoms with Crippen molar-refractivity contribution in [3.8, 4) is 0 Å². The van der Waals surface area contributed by atoms with E-state index in [1.807, 2.05) is 0 Å². The molecule has 1 aromatic carbocycles. The topological polar surface area (TPSA) is 49.4 Å². The predicted octanol–water partition coefficient (Wildman–Crippen LogP) is 3.53. The number of benzene rings is 1. The molecular weight excluding hydrogens is 333 g/mol. The Labute approximate surface area is 144 Å². The SMILES string of the molecule is C=CC(C)(C)NC(=O)CC1CCN(c2ccc(C(F)(F)F)cc2)C1=O. The molecule has 0 radical (unpaired) electrons. The van der Waals surface area contributed by atoms with Crippen LogP contribution in [0.3, 0.4) is 0 Å². The number of nitrogens with one attached hydrogen (secondary N) is 1. The molecule has 0 saturated carbocycles. The standard InChI is InChI=1S/C18H21F3N2O2/c1-4-17(2,3)22-15(24)11-12-9-10-23(16(12)25)14-7-5-13(6-8-14)18(19,20)21/h4-8,12H,1,9-11H2,2-3H3,(H,22,24).